The number of carboxylic acid groups (broad SMARTS) is 1. The fourth-order valence-corrected chi connectivity index (χ4v) is 1.83. The van der Waals surface area contributed by atoms with Crippen LogP contribution in [0.4, 0.5) is 14.9 Å². The summed E-state index contributed by atoms with van der Waals surface area (Å²) in [6, 6.07) is 4.11. The number of halogens is 1. The highest BCUT2D eigenvalue weighted by Crippen LogP contribution is 2.23. The van der Waals surface area contributed by atoms with E-state index in [1.807, 2.05) is 0 Å². The number of hydrogen-bond acceptors (Lipinski definition) is 4. The molecule has 0 aliphatic carbocycles. The molecule has 1 aromatic carbocycles. The summed E-state index contributed by atoms with van der Waals surface area (Å²) in [5.41, 5.74) is 0.0322. The van der Waals surface area contributed by atoms with Crippen molar-refractivity contribution in [2.75, 3.05) is 18.0 Å². The van der Waals surface area contributed by atoms with Crippen LogP contribution in [-0.2, 0) is 9.59 Å². The van der Waals surface area contributed by atoms with Crippen LogP contribution in [0.5, 0.6) is 0 Å². The highest BCUT2D eigenvalue weighted by molar-refractivity contribution is 6.13. The molecule has 1 heterocycles. The first-order valence-corrected chi connectivity index (χ1v) is 5.46. The summed E-state index contributed by atoms with van der Waals surface area (Å²) in [6.45, 7) is -1.14. The Morgan fingerprint density at radius 3 is 2.70 bits per heavy atom. The monoisotopic (exact) mass is 277 g/mol. The zero-order valence-electron chi connectivity index (χ0n) is 10.0. The molecule has 3 amide bonds. The third-order valence-corrected chi connectivity index (χ3v) is 2.67. The first kappa shape index (κ1) is 13.5. The first-order chi connectivity index (χ1) is 9.42. The van der Waals surface area contributed by atoms with Gasteiger partial charge in [-0.25, -0.2) is 9.18 Å². The molecule has 0 spiro atoms. The number of rotatable bonds is 3. The summed E-state index contributed by atoms with van der Waals surface area (Å²) in [5.74, 6) is -2.75. The second kappa shape index (κ2) is 4.97. The lowest BCUT2D eigenvalue weighted by Crippen LogP contribution is -2.36. The molecule has 7 nitrogen and oxygen atoms in total. The number of urea groups is 1. The van der Waals surface area contributed by atoms with Gasteiger partial charge in [0.1, 0.15) is 18.9 Å². The first-order valence-electron chi connectivity index (χ1n) is 5.46. The van der Waals surface area contributed by atoms with Gasteiger partial charge < -0.3 is 5.11 Å². The van der Waals surface area contributed by atoms with Crippen LogP contribution < -0.4 is 4.90 Å². The van der Waals surface area contributed by atoms with Crippen molar-refractivity contribution in [3.8, 4) is 6.07 Å². The van der Waals surface area contributed by atoms with Gasteiger partial charge in [-0.2, -0.15) is 5.26 Å². The Balaban J connectivity index is 2.33. The van der Waals surface area contributed by atoms with E-state index in [0.717, 1.165) is 17.0 Å². The topological polar surface area (TPSA) is 102 Å². The minimum absolute atomic E-state index is 0.00284. The van der Waals surface area contributed by atoms with Crippen LogP contribution in [0.2, 0.25) is 0 Å². The lowest BCUT2D eigenvalue weighted by atomic mass is 10.2. The molecule has 1 fully saturated rings. The highest BCUT2D eigenvalue weighted by atomic mass is 19.1. The molecule has 0 atom stereocenters. The van der Waals surface area contributed by atoms with Gasteiger partial charge in [0.15, 0.2) is 0 Å². The predicted octanol–water partition coefficient (Wildman–Crippen LogP) is 0.551. The van der Waals surface area contributed by atoms with Crippen molar-refractivity contribution in [1.82, 2.24) is 4.90 Å². The molecule has 102 valence electrons. The van der Waals surface area contributed by atoms with Crippen LogP contribution in [0.1, 0.15) is 5.56 Å². The van der Waals surface area contributed by atoms with Crippen molar-refractivity contribution < 1.29 is 23.9 Å². The van der Waals surface area contributed by atoms with Gasteiger partial charge in [-0.3, -0.25) is 19.4 Å². The molecule has 1 saturated heterocycles. The zero-order chi connectivity index (χ0) is 14.9. The summed E-state index contributed by atoms with van der Waals surface area (Å²) in [5, 5.41) is 17.4. The molecular formula is C12H8FN3O4. The average molecular weight is 277 g/mol. The van der Waals surface area contributed by atoms with Crippen LogP contribution in [0.3, 0.4) is 0 Å². The molecular weight excluding hydrogens is 269 g/mol. The SMILES string of the molecule is N#Cc1cc(F)cc(N2CC(=O)N(CC(=O)O)C2=O)c1. The summed E-state index contributed by atoms with van der Waals surface area (Å²) in [6.07, 6.45) is 0. The van der Waals surface area contributed by atoms with E-state index in [1.165, 1.54) is 6.07 Å². The van der Waals surface area contributed by atoms with Crippen LogP contribution in [0.25, 0.3) is 0 Å². The van der Waals surface area contributed by atoms with E-state index >= 15 is 0 Å². The number of carbonyl (C=O) groups excluding carboxylic acids is 2. The van der Waals surface area contributed by atoms with Crippen molar-refractivity contribution in [2.45, 2.75) is 0 Å². The van der Waals surface area contributed by atoms with E-state index in [2.05, 4.69) is 0 Å². The van der Waals surface area contributed by atoms with E-state index in [1.54, 1.807) is 6.07 Å². The van der Waals surface area contributed by atoms with Gasteiger partial charge >= 0.3 is 12.0 Å². The molecule has 0 saturated carbocycles. The van der Waals surface area contributed by atoms with Crippen LogP contribution in [-0.4, -0.2) is 41.0 Å². The number of benzene rings is 1. The standard InChI is InChI=1S/C12H8FN3O4/c13-8-1-7(4-14)2-9(3-8)15-5-10(17)16(12(15)20)6-11(18)19/h1-3H,5-6H2,(H,18,19). The molecule has 1 aliphatic rings. The minimum atomic E-state index is -1.33. The smallest absolute Gasteiger partial charge is 0.332 e. The lowest BCUT2D eigenvalue weighted by molar-refractivity contribution is -0.141. The largest absolute Gasteiger partial charge is 0.480 e. The Labute approximate surface area is 112 Å². The number of hydrogen-bond donors (Lipinski definition) is 1. The summed E-state index contributed by atoms with van der Waals surface area (Å²) < 4.78 is 13.3. The quantitative estimate of drug-likeness (QED) is 0.813. The highest BCUT2D eigenvalue weighted by Gasteiger charge is 2.38. The van der Waals surface area contributed by atoms with Crippen molar-refractivity contribution in [2.24, 2.45) is 0 Å². The Kier molecular flexibility index (Phi) is 3.35. The number of aliphatic carboxylic acids is 1. The van der Waals surface area contributed by atoms with Gasteiger partial charge in [0, 0.05) is 0 Å². The van der Waals surface area contributed by atoms with Crippen LogP contribution >= 0.6 is 0 Å². The Morgan fingerprint density at radius 1 is 1.40 bits per heavy atom. The van der Waals surface area contributed by atoms with Crippen LogP contribution in [0.15, 0.2) is 18.2 Å². The van der Waals surface area contributed by atoms with E-state index in [0.29, 0.717) is 4.90 Å². The lowest BCUT2D eigenvalue weighted by Gasteiger charge is -2.16. The van der Waals surface area contributed by atoms with E-state index < -0.39 is 30.3 Å². The fourth-order valence-electron chi connectivity index (χ4n) is 1.83. The summed E-state index contributed by atoms with van der Waals surface area (Å²) in [7, 11) is 0. The maximum Gasteiger partial charge on any atom is 0.332 e. The van der Waals surface area contributed by atoms with Gasteiger partial charge in [0.05, 0.1) is 17.3 Å². The Bertz CT molecular complexity index is 653. The van der Waals surface area contributed by atoms with Crippen molar-refractivity contribution in [3.63, 3.8) is 0 Å². The second-order valence-corrected chi connectivity index (χ2v) is 4.05. The number of nitriles is 1. The predicted molar refractivity (Wildman–Crippen MR) is 63.2 cm³/mol. The van der Waals surface area contributed by atoms with Crippen molar-refractivity contribution in [3.05, 3.63) is 29.6 Å². The summed E-state index contributed by atoms with van der Waals surface area (Å²) >= 11 is 0. The van der Waals surface area contributed by atoms with Gasteiger partial charge in [-0.05, 0) is 18.2 Å². The minimum Gasteiger partial charge on any atom is -0.480 e. The molecule has 0 radical (unpaired) electrons. The Hall–Kier alpha value is -2.95. The number of carboxylic acids is 1. The van der Waals surface area contributed by atoms with Gasteiger partial charge in [0.2, 0.25) is 0 Å². The molecule has 1 aliphatic heterocycles. The van der Waals surface area contributed by atoms with E-state index in [9.17, 15) is 18.8 Å². The third-order valence-electron chi connectivity index (χ3n) is 2.67. The maximum absolute atomic E-state index is 13.3. The number of amides is 3. The fraction of sp³-hybridized carbons (Fsp3) is 0.167. The molecule has 8 heteroatoms. The van der Waals surface area contributed by atoms with E-state index in [4.69, 9.17) is 10.4 Å². The number of carbonyl (C=O) groups is 3. The molecule has 1 aromatic rings. The van der Waals surface area contributed by atoms with Crippen molar-refractivity contribution >= 4 is 23.6 Å². The van der Waals surface area contributed by atoms with Crippen molar-refractivity contribution in [1.29, 1.82) is 5.26 Å². The Morgan fingerprint density at radius 2 is 2.10 bits per heavy atom. The molecule has 2 rings (SSSR count). The number of anilines is 1. The average Bonchev–Trinajstić information content (AvgIpc) is 2.65. The molecule has 0 unspecified atom stereocenters. The normalized spacial score (nSPS) is 14.6. The molecule has 0 aromatic heterocycles. The zero-order valence-corrected chi connectivity index (χ0v) is 10.0. The maximum atomic E-state index is 13.3. The molecule has 0 bridgehead atoms. The summed E-state index contributed by atoms with van der Waals surface area (Å²) in [4.78, 5) is 35.6. The van der Waals surface area contributed by atoms with Gasteiger partial charge in [-0.15, -0.1) is 0 Å². The van der Waals surface area contributed by atoms with E-state index in [-0.39, 0.29) is 17.8 Å². The molecule has 20 heavy (non-hydrogen) atoms. The number of imide groups is 1. The number of nitrogens with zero attached hydrogens (tertiary/aromatic N) is 3. The third kappa shape index (κ3) is 2.42. The van der Waals surface area contributed by atoms with Gasteiger partial charge in [0.25, 0.3) is 5.91 Å². The second-order valence-electron chi connectivity index (χ2n) is 4.05. The van der Waals surface area contributed by atoms with Gasteiger partial charge in [-0.1, -0.05) is 0 Å². The van der Waals surface area contributed by atoms with Crippen LogP contribution in [0, 0.1) is 17.1 Å². The molecule has 1 N–H and O–H groups in total.